The number of thiophene rings is 1. The SMILES string of the molecule is c1ccc(C2(c3cc(N(c4ccc5c(c4)oc4ccccc45)c4cccc5c4ccc4c6ccccc6sc54)c4c(c3)C(c3ccccc3)(c3ccccc3)c3ccccc3-4)c3ccccc3-c3ccccc32)cc1. The van der Waals surface area contributed by atoms with Crippen LogP contribution in [0.3, 0.4) is 0 Å². The van der Waals surface area contributed by atoms with Crippen molar-refractivity contribution in [3.63, 3.8) is 0 Å². The quantitative estimate of drug-likeness (QED) is 0.158. The molecule has 75 heavy (non-hydrogen) atoms. The number of benzene rings is 12. The number of anilines is 3. The molecule has 2 aromatic heterocycles. The van der Waals surface area contributed by atoms with Crippen LogP contribution in [0.15, 0.2) is 277 Å². The molecule has 16 rings (SSSR count). The van der Waals surface area contributed by atoms with E-state index < -0.39 is 10.8 Å². The van der Waals surface area contributed by atoms with Crippen LogP contribution in [0, 0.1) is 0 Å². The molecule has 0 bridgehead atoms. The Kier molecular flexibility index (Phi) is 9.07. The lowest BCUT2D eigenvalue weighted by Crippen LogP contribution is -2.32. The van der Waals surface area contributed by atoms with E-state index in [0.29, 0.717) is 0 Å². The van der Waals surface area contributed by atoms with Crippen LogP contribution < -0.4 is 4.90 Å². The Labute approximate surface area is 438 Å². The van der Waals surface area contributed by atoms with Gasteiger partial charge >= 0.3 is 0 Å². The molecule has 0 aliphatic heterocycles. The zero-order valence-electron chi connectivity index (χ0n) is 40.7. The Hall–Kier alpha value is -9.28. The topological polar surface area (TPSA) is 16.4 Å². The molecule has 0 atom stereocenters. The smallest absolute Gasteiger partial charge is 0.137 e. The van der Waals surface area contributed by atoms with Gasteiger partial charge in [-0.2, -0.15) is 0 Å². The molecule has 0 saturated heterocycles. The van der Waals surface area contributed by atoms with E-state index in [1.165, 1.54) is 97.7 Å². The summed E-state index contributed by atoms with van der Waals surface area (Å²) in [5.74, 6) is 0. The number of furan rings is 1. The summed E-state index contributed by atoms with van der Waals surface area (Å²) in [4.78, 5) is 2.57. The van der Waals surface area contributed by atoms with Crippen LogP contribution in [0.4, 0.5) is 17.1 Å². The maximum Gasteiger partial charge on any atom is 0.137 e. The summed E-state index contributed by atoms with van der Waals surface area (Å²) in [5.41, 5.74) is 18.4. The maximum atomic E-state index is 6.82. The molecule has 2 heterocycles. The highest BCUT2D eigenvalue weighted by Gasteiger charge is 2.51. The van der Waals surface area contributed by atoms with Crippen molar-refractivity contribution in [2.75, 3.05) is 4.90 Å². The van der Waals surface area contributed by atoms with Crippen molar-refractivity contribution in [3.05, 3.63) is 317 Å². The fourth-order valence-corrected chi connectivity index (χ4v) is 14.9. The van der Waals surface area contributed by atoms with Gasteiger partial charge in [0.15, 0.2) is 0 Å². The first-order chi connectivity index (χ1) is 37.2. The monoisotopic (exact) mass is 971 g/mol. The molecule has 12 aromatic carbocycles. The van der Waals surface area contributed by atoms with Gasteiger partial charge in [-0.3, -0.25) is 0 Å². The minimum atomic E-state index is -0.706. The van der Waals surface area contributed by atoms with Crippen molar-refractivity contribution in [2.24, 2.45) is 0 Å². The molecule has 0 fully saturated rings. The van der Waals surface area contributed by atoms with Crippen LogP contribution >= 0.6 is 11.3 Å². The number of rotatable bonds is 7. The third-order valence-corrected chi connectivity index (χ3v) is 17.8. The maximum absolute atomic E-state index is 6.82. The van der Waals surface area contributed by atoms with Gasteiger partial charge in [-0.1, -0.05) is 231 Å². The molecule has 2 aliphatic carbocycles. The molecule has 0 unspecified atom stereocenters. The molecule has 2 nitrogen and oxygen atoms in total. The van der Waals surface area contributed by atoms with Crippen LogP contribution in [0.1, 0.15) is 44.5 Å². The molecular weight excluding hydrogens is 927 g/mol. The van der Waals surface area contributed by atoms with Gasteiger partial charge in [0.1, 0.15) is 11.2 Å². The standard InChI is InChI=1S/C72H45NOS/c1-4-21-46(22-5-1)71(47-23-6-2-7-24-47)62-35-17-12-31-59(62)69-63(71)43-49(72(48-25-8-3-9-26-48)60-33-15-10-27-51(60)52-28-11-16-34-61(52)72)44-65(69)73(50-39-40-55-54-29-13-18-37-66(54)74-67(55)45-50)64-36-20-32-57-53(64)41-42-58-56-30-14-19-38-68(56)75-70(57)58/h1-45H. The van der Waals surface area contributed by atoms with E-state index in [1.807, 2.05) is 11.3 Å². The second kappa shape index (κ2) is 16.1. The summed E-state index contributed by atoms with van der Waals surface area (Å²) in [6.45, 7) is 0. The van der Waals surface area contributed by atoms with Crippen molar-refractivity contribution < 1.29 is 4.42 Å². The number of para-hydroxylation sites is 1. The lowest BCUT2D eigenvalue weighted by Gasteiger charge is -2.39. The van der Waals surface area contributed by atoms with E-state index in [9.17, 15) is 0 Å². The van der Waals surface area contributed by atoms with Gasteiger partial charge in [0.2, 0.25) is 0 Å². The normalized spacial score (nSPS) is 13.8. The second-order valence-electron chi connectivity index (χ2n) is 20.2. The molecule has 350 valence electrons. The van der Waals surface area contributed by atoms with Gasteiger partial charge in [0, 0.05) is 59.0 Å². The predicted molar refractivity (Wildman–Crippen MR) is 313 cm³/mol. The summed E-state index contributed by atoms with van der Waals surface area (Å²) in [6, 6.07) is 102. The lowest BCUT2D eigenvalue weighted by molar-refractivity contribution is 0.669. The number of hydrogen-bond acceptors (Lipinski definition) is 3. The molecule has 2 aliphatic rings. The Balaban J connectivity index is 1.11. The molecule has 0 spiro atoms. The van der Waals surface area contributed by atoms with Gasteiger partial charge in [0.25, 0.3) is 0 Å². The highest BCUT2D eigenvalue weighted by molar-refractivity contribution is 7.26. The number of nitrogens with zero attached hydrogens (tertiary/aromatic N) is 1. The fourth-order valence-electron chi connectivity index (χ4n) is 13.6. The van der Waals surface area contributed by atoms with Gasteiger partial charge in [0.05, 0.1) is 22.2 Å². The minimum absolute atomic E-state index is 0.703. The lowest BCUT2D eigenvalue weighted by atomic mass is 9.64. The highest BCUT2D eigenvalue weighted by Crippen LogP contribution is 2.64. The van der Waals surface area contributed by atoms with E-state index in [-0.39, 0.29) is 0 Å². The van der Waals surface area contributed by atoms with Crippen LogP contribution in [-0.2, 0) is 10.8 Å². The zero-order valence-corrected chi connectivity index (χ0v) is 41.6. The van der Waals surface area contributed by atoms with E-state index in [2.05, 4.69) is 278 Å². The fraction of sp³-hybridized carbons (Fsp3) is 0.0278. The van der Waals surface area contributed by atoms with Crippen LogP contribution in [0.2, 0.25) is 0 Å². The first-order valence-electron chi connectivity index (χ1n) is 25.9. The van der Waals surface area contributed by atoms with Crippen molar-refractivity contribution in [2.45, 2.75) is 10.8 Å². The molecule has 0 N–H and O–H groups in total. The van der Waals surface area contributed by atoms with Crippen molar-refractivity contribution >= 4 is 81.3 Å². The Morgan fingerprint density at radius 3 is 1.48 bits per heavy atom. The average Bonchev–Trinajstić information content (AvgIpc) is 4.37. The van der Waals surface area contributed by atoms with Gasteiger partial charge in [-0.05, 0) is 97.6 Å². The van der Waals surface area contributed by atoms with Crippen LogP contribution in [0.25, 0.3) is 75.1 Å². The number of hydrogen-bond donors (Lipinski definition) is 0. The third kappa shape index (κ3) is 5.79. The highest BCUT2D eigenvalue weighted by atomic mass is 32.1. The van der Waals surface area contributed by atoms with E-state index in [1.54, 1.807) is 0 Å². The summed E-state index contributed by atoms with van der Waals surface area (Å²) in [7, 11) is 0. The first kappa shape index (κ1) is 42.2. The summed E-state index contributed by atoms with van der Waals surface area (Å²) >= 11 is 1.88. The Morgan fingerprint density at radius 1 is 0.307 bits per heavy atom. The van der Waals surface area contributed by atoms with Gasteiger partial charge in [-0.25, -0.2) is 0 Å². The number of fused-ring (bicyclic) bond motifs is 14. The van der Waals surface area contributed by atoms with Crippen molar-refractivity contribution in [3.8, 4) is 22.3 Å². The van der Waals surface area contributed by atoms with E-state index >= 15 is 0 Å². The third-order valence-electron chi connectivity index (χ3n) is 16.6. The van der Waals surface area contributed by atoms with Crippen LogP contribution in [-0.4, -0.2) is 0 Å². The molecule has 0 radical (unpaired) electrons. The summed E-state index contributed by atoms with van der Waals surface area (Å²) in [5, 5.41) is 7.19. The first-order valence-corrected chi connectivity index (χ1v) is 26.7. The second-order valence-corrected chi connectivity index (χ2v) is 21.2. The molecule has 0 saturated carbocycles. The average molecular weight is 972 g/mol. The Bertz CT molecular complexity index is 4520. The largest absolute Gasteiger partial charge is 0.456 e. The Morgan fingerprint density at radius 2 is 0.800 bits per heavy atom. The minimum Gasteiger partial charge on any atom is -0.456 e. The van der Waals surface area contributed by atoms with Crippen molar-refractivity contribution in [1.82, 2.24) is 0 Å². The van der Waals surface area contributed by atoms with E-state index in [4.69, 9.17) is 4.42 Å². The van der Waals surface area contributed by atoms with Gasteiger partial charge < -0.3 is 9.32 Å². The summed E-state index contributed by atoms with van der Waals surface area (Å²) < 4.78 is 9.41. The van der Waals surface area contributed by atoms with E-state index in [0.717, 1.165) is 39.0 Å². The van der Waals surface area contributed by atoms with Gasteiger partial charge in [-0.15, -0.1) is 11.3 Å². The molecule has 0 amide bonds. The molecule has 14 aromatic rings. The molecule has 3 heteroatoms. The zero-order chi connectivity index (χ0) is 49.2. The summed E-state index contributed by atoms with van der Waals surface area (Å²) in [6.07, 6.45) is 0. The van der Waals surface area contributed by atoms with Crippen molar-refractivity contribution in [1.29, 1.82) is 0 Å². The predicted octanol–water partition coefficient (Wildman–Crippen LogP) is 19.3. The molecular formula is C72H45NOS. The van der Waals surface area contributed by atoms with Crippen LogP contribution in [0.5, 0.6) is 0 Å².